The number of likely N-dealkylation sites (tertiary alicyclic amines) is 1. The van der Waals surface area contributed by atoms with Gasteiger partial charge >= 0.3 is 6.09 Å². The number of hydrogen-bond acceptors (Lipinski definition) is 3. The van der Waals surface area contributed by atoms with E-state index in [1.165, 1.54) is 0 Å². The van der Waals surface area contributed by atoms with Crippen LogP contribution in [0.4, 0.5) is 4.79 Å². The zero-order chi connectivity index (χ0) is 16.9. The molecule has 0 saturated carbocycles. The average molecular weight is 317 g/mol. The van der Waals surface area contributed by atoms with Crippen LogP contribution in [0.5, 0.6) is 0 Å². The fraction of sp³-hybridized carbons (Fsp3) is 0.526. The Morgan fingerprint density at radius 1 is 1.26 bits per heavy atom. The molecule has 0 unspecified atom stereocenters. The molecule has 1 fully saturated rings. The topological polar surface area (TPSA) is 38.8 Å². The van der Waals surface area contributed by atoms with E-state index in [-0.39, 0.29) is 18.3 Å². The number of hydrogen-bond donors (Lipinski definition) is 0. The van der Waals surface area contributed by atoms with Gasteiger partial charge in [0.25, 0.3) is 0 Å². The second-order valence-corrected chi connectivity index (χ2v) is 6.87. The minimum atomic E-state index is -0.453. The fourth-order valence-electron chi connectivity index (χ4n) is 2.62. The van der Waals surface area contributed by atoms with Gasteiger partial charge in [-0.15, -0.1) is 6.58 Å². The highest BCUT2D eigenvalue weighted by Crippen LogP contribution is 2.25. The molecular weight excluding hydrogens is 290 g/mol. The molecule has 4 nitrogen and oxygen atoms in total. The molecule has 0 spiro atoms. The van der Waals surface area contributed by atoms with E-state index >= 15 is 0 Å². The van der Waals surface area contributed by atoms with E-state index in [0.29, 0.717) is 13.1 Å². The first-order chi connectivity index (χ1) is 10.9. The maximum absolute atomic E-state index is 12.1. The summed E-state index contributed by atoms with van der Waals surface area (Å²) in [6.07, 6.45) is 3.26. The Morgan fingerprint density at radius 3 is 2.39 bits per heavy atom. The van der Waals surface area contributed by atoms with Gasteiger partial charge in [-0.2, -0.15) is 0 Å². The summed E-state index contributed by atoms with van der Waals surface area (Å²) in [4.78, 5) is 13.8. The van der Waals surface area contributed by atoms with Crippen LogP contribution in [0, 0.1) is 0 Å². The van der Waals surface area contributed by atoms with Crippen LogP contribution in [0.2, 0.25) is 0 Å². The summed E-state index contributed by atoms with van der Waals surface area (Å²) >= 11 is 0. The molecule has 126 valence electrons. The SMILES string of the molecule is C=C[C@@H](OC1CCN(C(=O)OC(C)(C)C)CC1)c1ccccc1. The van der Waals surface area contributed by atoms with Crippen molar-refractivity contribution in [2.45, 2.75) is 51.4 Å². The quantitative estimate of drug-likeness (QED) is 0.776. The smallest absolute Gasteiger partial charge is 0.410 e. The van der Waals surface area contributed by atoms with Crippen molar-refractivity contribution in [2.75, 3.05) is 13.1 Å². The molecule has 0 N–H and O–H groups in total. The van der Waals surface area contributed by atoms with E-state index in [0.717, 1.165) is 18.4 Å². The van der Waals surface area contributed by atoms with E-state index < -0.39 is 5.60 Å². The molecule has 1 aliphatic heterocycles. The van der Waals surface area contributed by atoms with Gasteiger partial charge in [-0.1, -0.05) is 36.4 Å². The number of carbonyl (C=O) groups is 1. The lowest BCUT2D eigenvalue weighted by Gasteiger charge is -2.34. The molecule has 1 aromatic rings. The van der Waals surface area contributed by atoms with Crippen LogP contribution in [-0.2, 0) is 9.47 Å². The predicted molar refractivity (Wildman–Crippen MR) is 91.3 cm³/mol. The van der Waals surface area contributed by atoms with Crippen LogP contribution in [-0.4, -0.2) is 35.8 Å². The summed E-state index contributed by atoms with van der Waals surface area (Å²) in [5, 5.41) is 0. The summed E-state index contributed by atoms with van der Waals surface area (Å²) in [5.41, 5.74) is 0.656. The van der Waals surface area contributed by atoms with Crippen molar-refractivity contribution < 1.29 is 14.3 Å². The summed E-state index contributed by atoms with van der Waals surface area (Å²) in [7, 11) is 0. The highest BCUT2D eigenvalue weighted by Gasteiger charge is 2.28. The second kappa shape index (κ2) is 7.64. The van der Waals surface area contributed by atoms with Gasteiger partial charge in [0.05, 0.1) is 6.10 Å². The molecule has 1 aliphatic rings. The van der Waals surface area contributed by atoms with Crippen LogP contribution in [0.3, 0.4) is 0 Å². The maximum atomic E-state index is 12.1. The zero-order valence-electron chi connectivity index (χ0n) is 14.3. The van der Waals surface area contributed by atoms with Crippen molar-refractivity contribution in [3.8, 4) is 0 Å². The molecule has 23 heavy (non-hydrogen) atoms. The monoisotopic (exact) mass is 317 g/mol. The summed E-state index contributed by atoms with van der Waals surface area (Å²) in [6, 6.07) is 10.1. The lowest BCUT2D eigenvalue weighted by atomic mass is 10.1. The first-order valence-corrected chi connectivity index (χ1v) is 8.20. The number of amides is 1. The lowest BCUT2D eigenvalue weighted by Crippen LogP contribution is -2.43. The van der Waals surface area contributed by atoms with Crippen molar-refractivity contribution in [1.29, 1.82) is 0 Å². The molecule has 1 heterocycles. The Balaban J connectivity index is 1.84. The second-order valence-electron chi connectivity index (χ2n) is 6.87. The van der Waals surface area contributed by atoms with Crippen molar-refractivity contribution in [1.82, 2.24) is 4.90 Å². The predicted octanol–water partition coefficient (Wildman–Crippen LogP) is 4.33. The third kappa shape index (κ3) is 5.39. The van der Waals surface area contributed by atoms with Gasteiger partial charge in [0.1, 0.15) is 11.7 Å². The average Bonchev–Trinajstić information content (AvgIpc) is 2.52. The van der Waals surface area contributed by atoms with E-state index in [9.17, 15) is 4.79 Å². The molecule has 1 aromatic carbocycles. The van der Waals surface area contributed by atoms with Gasteiger partial charge in [-0.3, -0.25) is 0 Å². The summed E-state index contributed by atoms with van der Waals surface area (Å²) in [5.74, 6) is 0. The zero-order valence-corrected chi connectivity index (χ0v) is 14.3. The van der Waals surface area contributed by atoms with Crippen LogP contribution >= 0.6 is 0 Å². The molecule has 2 rings (SSSR count). The van der Waals surface area contributed by atoms with Gasteiger partial charge in [-0.05, 0) is 39.2 Å². The van der Waals surface area contributed by atoms with Crippen molar-refractivity contribution in [3.63, 3.8) is 0 Å². The largest absolute Gasteiger partial charge is 0.444 e. The standard InChI is InChI=1S/C19H27NO3/c1-5-17(15-9-7-6-8-10-15)22-16-11-13-20(14-12-16)18(21)23-19(2,3)4/h5-10,16-17H,1,11-14H2,2-4H3/t17-/m1/s1. The number of piperidine rings is 1. The Kier molecular flexibility index (Phi) is 5.83. The maximum Gasteiger partial charge on any atom is 0.410 e. The Labute approximate surface area is 139 Å². The molecule has 0 aliphatic carbocycles. The Hall–Kier alpha value is -1.81. The number of ether oxygens (including phenoxy) is 2. The molecule has 1 saturated heterocycles. The molecule has 0 aromatic heterocycles. The summed E-state index contributed by atoms with van der Waals surface area (Å²) in [6.45, 7) is 10.9. The van der Waals surface area contributed by atoms with Gasteiger partial charge in [-0.25, -0.2) is 4.79 Å². The highest BCUT2D eigenvalue weighted by atomic mass is 16.6. The van der Waals surface area contributed by atoms with Crippen LogP contribution in [0.1, 0.15) is 45.3 Å². The van der Waals surface area contributed by atoms with Crippen LogP contribution in [0.25, 0.3) is 0 Å². The van der Waals surface area contributed by atoms with Gasteiger partial charge < -0.3 is 14.4 Å². The molecule has 1 atom stereocenters. The van der Waals surface area contributed by atoms with E-state index in [1.807, 2.05) is 57.2 Å². The molecule has 0 bridgehead atoms. The fourth-order valence-corrected chi connectivity index (χ4v) is 2.62. The number of benzene rings is 1. The molecular formula is C19H27NO3. The minimum Gasteiger partial charge on any atom is -0.444 e. The molecule has 0 radical (unpaired) electrons. The third-order valence-corrected chi connectivity index (χ3v) is 3.77. The minimum absolute atomic E-state index is 0.103. The normalized spacial score (nSPS) is 17.6. The number of carbonyl (C=O) groups excluding carboxylic acids is 1. The highest BCUT2D eigenvalue weighted by molar-refractivity contribution is 5.68. The molecule has 1 amide bonds. The van der Waals surface area contributed by atoms with Crippen molar-refractivity contribution in [2.24, 2.45) is 0 Å². The van der Waals surface area contributed by atoms with E-state index in [1.54, 1.807) is 4.90 Å². The van der Waals surface area contributed by atoms with Gasteiger partial charge in [0, 0.05) is 13.1 Å². The van der Waals surface area contributed by atoms with Crippen LogP contribution in [0.15, 0.2) is 43.0 Å². The first-order valence-electron chi connectivity index (χ1n) is 8.20. The van der Waals surface area contributed by atoms with Crippen molar-refractivity contribution >= 4 is 6.09 Å². The molecule has 4 heteroatoms. The number of nitrogens with zero attached hydrogens (tertiary/aromatic N) is 1. The van der Waals surface area contributed by atoms with E-state index in [2.05, 4.69) is 6.58 Å². The first kappa shape index (κ1) is 17.5. The van der Waals surface area contributed by atoms with Gasteiger partial charge in [0.15, 0.2) is 0 Å². The Morgan fingerprint density at radius 2 is 1.87 bits per heavy atom. The van der Waals surface area contributed by atoms with Gasteiger partial charge in [0.2, 0.25) is 0 Å². The number of rotatable bonds is 4. The third-order valence-electron chi connectivity index (χ3n) is 3.77. The lowest BCUT2D eigenvalue weighted by molar-refractivity contribution is -0.0313. The summed E-state index contributed by atoms with van der Waals surface area (Å²) < 4.78 is 11.6. The van der Waals surface area contributed by atoms with Crippen LogP contribution < -0.4 is 0 Å². The van der Waals surface area contributed by atoms with E-state index in [4.69, 9.17) is 9.47 Å². The van der Waals surface area contributed by atoms with Crippen molar-refractivity contribution in [3.05, 3.63) is 48.6 Å². The Bertz CT molecular complexity index is 513.